The van der Waals surface area contributed by atoms with Gasteiger partial charge in [-0.2, -0.15) is 0 Å². The Kier molecular flexibility index (Phi) is 5.05. The Balaban J connectivity index is 1.71. The van der Waals surface area contributed by atoms with E-state index < -0.39 is 17.8 Å². The van der Waals surface area contributed by atoms with Gasteiger partial charge in [-0.05, 0) is 56.5 Å². The molecule has 2 aromatic rings. The van der Waals surface area contributed by atoms with Crippen LogP contribution in [-0.4, -0.2) is 38.3 Å². The lowest BCUT2D eigenvalue weighted by Gasteiger charge is -2.35. The number of urea groups is 1. The Labute approximate surface area is 169 Å². The minimum Gasteiger partial charge on any atom is -0.316 e. The third kappa shape index (κ3) is 3.48. The standard InChI is InChI=1S/C22H24N4O3/c1-14-11-16(15(2)25(14)18-9-6-10-23-13-18)12-19-20(27)24-22(29)26(21(19)28)17-7-4-3-5-8-17/h6,9-13,17H,3-5,7-8H2,1-2H3,(H,24,27,29). The van der Waals surface area contributed by atoms with Gasteiger partial charge in [0.1, 0.15) is 5.57 Å². The highest BCUT2D eigenvalue weighted by Gasteiger charge is 2.40. The first kappa shape index (κ1) is 19.1. The van der Waals surface area contributed by atoms with Crippen molar-refractivity contribution in [3.05, 3.63) is 53.1 Å². The molecule has 7 nitrogen and oxygen atoms in total. The molecule has 0 aromatic carbocycles. The number of imide groups is 2. The summed E-state index contributed by atoms with van der Waals surface area (Å²) in [6.45, 7) is 3.89. The molecule has 4 amide bonds. The second kappa shape index (κ2) is 7.66. The normalized spacial score (nSPS) is 19.7. The van der Waals surface area contributed by atoms with Crippen molar-refractivity contribution in [3.63, 3.8) is 0 Å². The van der Waals surface area contributed by atoms with E-state index in [-0.39, 0.29) is 11.6 Å². The Morgan fingerprint density at radius 2 is 1.90 bits per heavy atom. The third-order valence-electron chi connectivity index (χ3n) is 5.75. The first-order chi connectivity index (χ1) is 14.0. The summed E-state index contributed by atoms with van der Waals surface area (Å²) in [4.78, 5) is 43.3. The van der Waals surface area contributed by atoms with E-state index in [1.807, 2.05) is 36.6 Å². The summed E-state index contributed by atoms with van der Waals surface area (Å²) in [5.41, 5.74) is 3.53. The van der Waals surface area contributed by atoms with Gasteiger partial charge in [-0.1, -0.05) is 19.3 Å². The number of nitrogens with zero attached hydrogens (tertiary/aromatic N) is 3. The summed E-state index contributed by atoms with van der Waals surface area (Å²) in [5, 5.41) is 2.34. The van der Waals surface area contributed by atoms with E-state index in [1.54, 1.807) is 18.5 Å². The minimum absolute atomic E-state index is 0.00149. The maximum atomic E-state index is 13.1. The Hall–Kier alpha value is -3.22. The summed E-state index contributed by atoms with van der Waals surface area (Å²) >= 11 is 0. The molecule has 0 radical (unpaired) electrons. The number of barbiturate groups is 1. The lowest BCUT2D eigenvalue weighted by atomic mass is 9.93. The van der Waals surface area contributed by atoms with Gasteiger partial charge in [-0.25, -0.2) is 4.79 Å². The van der Waals surface area contributed by atoms with Crippen LogP contribution in [0.5, 0.6) is 0 Å². The van der Waals surface area contributed by atoms with Gasteiger partial charge < -0.3 is 4.57 Å². The van der Waals surface area contributed by atoms with Crippen molar-refractivity contribution >= 4 is 23.9 Å². The van der Waals surface area contributed by atoms with Crippen LogP contribution in [0.4, 0.5) is 4.79 Å². The largest absolute Gasteiger partial charge is 0.331 e. The van der Waals surface area contributed by atoms with Gasteiger partial charge in [-0.15, -0.1) is 0 Å². The Morgan fingerprint density at radius 1 is 1.14 bits per heavy atom. The summed E-state index contributed by atoms with van der Waals surface area (Å²) in [6, 6.07) is 4.99. The fraction of sp³-hybridized carbons (Fsp3) is 0.364. The number of aromatic nitrogens is 2. The van der Waals surface area contributed by atoms with Gasteiger partial charge in [-0.3, -0.25) is 24.8 Å². The molecule has 1 aliphatic carbocycles. The number of aryl methyl sites for hydroxylation is 1. The Morgan fingerprint density at radius 3 is 2.59 bits per heavy atom. The summed E-state index contributed by atoms with van der Waals surface area (Å²) in [7, 11) is 0. The van der Waals surface area contributed by atoms with Gasteiger partial charge in [0.15, 0.2) is 0 Å². The van der Waals surface area contributed by atoms with Crippen LogP contribution in [0.2, 0.25) is 0 Å². The average Bonchev–Trinajstić information content (AvgIpc) is 2.99. The maximum Gasteiger partial charge on any atom is 0.331 e. The van der Waals surface area contributed by atoms with Crippen molar-refractivity contribution in [2.75, 3.05) is 0 Å². The van der Waals surface area contributed by atoms with Crippen molar-refractivity contribution in [1.82, 2.24) is 19.8 Å². The number of hydrogen-bond donors (Lipinski definition) is 1. The number of carbonyl (C=O) groups is 3. The molecule has 0 spiro atoms. The number of hydrogen-bond acceptors (Lipinski definition) is 4. The molecular weight excluding hydrogens is 368 g/mol. The van der Waals surface area contributed by atoms with Crippen LogP contribution in [0.3, 0.4) is 0 Å². The van der Waals surface area contributed by atoms with E-state index in [2.05, 4.69) is 10.3 Å². The maximum absolute atomic E-state index is 13.1. The molecule has 1 saturated carbocycles. The highest BCUT2D eigenvalue weighted by Crippen LogP contribution is 2.28. The van der Waals surface area contributed by atoms with Gasteiger partial charge in [0.05, 0.1) is 11.9 Å². The molecule has 29 heavy (non-hydrogen) atoms. The second-order valence-electron chi connectivity index (χ2n) is 7.66. The zero-order chi connectivity index (χ0) is 20.5. The molecular formula is C22H24N4O3. The minimum atomic E-state index is -0.641. The molecule has 2 aliphatic rings. The van der Waals surface area contributed by atoms with E-state index >= 15 is 0 Å². The lowest BCUT2D eigenvalue weighted by Crippen LogP contribution is -2.58. The van der Waals surface area contributed by atoms with Crippen molar-refractivity contribution in [1.29, 1.82) is 0 Å². The van der Waals surface area contributed by atoms with E-state index in [0.717, 1.165) is 54.7 Å². The molecule has 150 valence electrons. The number of nitrogens with one attached hydrogen (secondary N) is 1. The molecule has 1 N–H and O–H groups in total. The van der Waals surface area contributed by atoms with Crippen LogP contribution in [0.25, 0.3) is 11.8 Å². The number of pyridine rings is 1. The molecule has 0 bridgehead atoms. The molecule has 7 heteroatoms. The fourth-order valence-corrected chi connectivity index (χ4v) is 4.31. The smallest absolute Gasteiger partial charge is 0.316 e. The molecule has 0 unspecified atom stereocenters. The average molecular weight is 392 g/mol. The van der Waals surface area contributed by atoms with Crippen molar-refractivity contribution in [2.45, 2.75) is 52.0 Å². The van der Waals surface area contributed by atoms with Gasteiger partial charge >= 0.3 is 6.03 Å². The van der Waals surface area contributed by atoms with Gasteiger partial charge in [0.2, 0.25) is 0 Å². The summed E-state index contributed by atoms with van der Waals surface area (Å²) < 4.78 is 2.02. The summed E-state index contributed by atoms with van der Waals surface area (Å²) in [5.74, 6) is -1.14. The second-order valence-corrected chi connectivity index (χ2v) is 7.66. The van der Waals surface area contributed by atoms with E-state index in [0.29, 0.717) is 0 Å². The number of carbonyl (C=O) groups excluding carboxylic acids is 3. The summed E-state index contributed by atoms with van der Waals surface area (Å²) in [6.07, 6.45) is 9.73. The molecule has 2 aromatic heterocycles. The molecule has 3 heterocycles. The number of amides is 4. The van der Waals surface area contributed by atoms with Crippen LogP contribution in [0.15, 0.2) is 36.2 Å². The Bertz CT molecular complexity index is 1000. The van der Waals surface area contributed by atoms with Crippen molar-refractivity contribution in [3.8, 4) is 5.69 Å². The molecule has 1 saturated heterocycles. The predicted octanol–water partition coefficient (Wildman–Crippen LogP) is 3.28. The van der Waals surface area contributed by atoms with Crippen molar-refractivity contribution < 1.29 is 14.4 Å². The first-order valence-corrected chi connectivity index (χ1v) is 9.97. The molecule has 1 aliphatic heterocycles. The van der Waals surface area contributed by atoms with Gasteiger partial charge in [0.25, 0.3) is 11.8 Å². The van der Waals surface area contributed by atoms with E-state index in [4.69, 9.17) is 0 Å². The topological polar surface area (TPSA) is 84.3 Å². The molecule has 2 fully saturated rings. The van der Waals surface area contributed by atoms with Crippen molar-refractivity contribution in [2.24, 2.45) is 0 Å². The number of rotatable bonds is 3. The molecule has 4 rings (SSSR count). The SMILES string of the molecule is Cc1cc(C=C2C(=O)NC(=O)N(C3CCCCC3)C2=O)c(C)n1-c1cccnc1. The highest BCUT2D eigenvalue weighted by atomic mass is 16.2. The van der Waals surface area contributed by atoms with Crippen LogP contribution in [-0.2, 0) is 9.59 Å². The van der Waals surface area contributed by atoms with Crippen LogP contribution >= 0.6 is 0 Å². The third-order valence-corrected chi connectivity index (χ3v) is 5.75. The van der Waals surface area contributed by atoms with Crippen LogP contribution < -0.4 is 5.32 Å². The van der Waals surface area contributed by atoms with Crippen LogP contribution in [0, 0.1) is 13.8 Å². The lowest BCUT2D eigenvalue weighted by molar-refractivity contribution is -0.132. The zero-order valence-electron chi connectivity index (χ0n) is 16.6. The quantitative estimate of drug-likeness (QED) is 0.642. The fourth-order valence-electron chi connectivity index (χ4n) is 4.31. The van der Waals surface area contributed by atoms with E-state index in [1.165, 1.54) is 4.90 Å². The molecule has 0 atom stereocenters. The monoisotopic (exact) mass is 392 g/mol. The first-order valence-electron chi connectivity index (χ1n) is 9.97. The van der Waals surface area contributed by atoms with E-state index in [9.17, 15) is 14.4 Å². The highest BCUT2D eigenvalue weighted by molar-refractivity contribution is 6.31. The van der Waals surface area contributed by atoms with Gasteiger partial charge in [0, 0.05) is 23.6 Å². The zero-order valence-corrected chi connectivity index (χ0v) is 16.6. The van der Waals surface area contributed by atoms with Crippen LogP contribution in [0.1, 0.15) is 49.1 Å². The predicted molar refractivity (Wildman–Crippen MR) is 108 cm³/mol.